The van der Waals surface area contributed by atoms with Crippen molar-refractivity contribution in [3.8, 4) is 0 Å². The highest BCUT2D eigenvalue weighted by Crippen LogP contribution is 2.27. The summed E-state index contributed by atoms with van der Waals surface area (Å²) >= 11 is 0. The molecule has 0 aromatic carbocycles. The Morgan fingerprint density at radius 1 is 1.33 bits per heavy atom. The predicted molar refractivity (Wildman–Crippen MR) is 77.4 cm³/mol. The van der Waals surface area contributed by atoms with Crippen molar-refractivity contribution in [3.63, 3.8) is 0 Å². The average Bonchev–Trinajstić information content (AvgIpc) is 3.20. The van der Waals surface area contributed by atoms with Crippen molar-refractivity contribution in [1.29, 1.82) is 0 Å². The standard InChI is InChI=1S/C15H22N4O2/c20-14(9-12-5-7-16-18-12)17-13-6-8-19(10-13)15(21)11-3-1-2-4-11/h5,7,11,13H,1-4,6,8-10H2,(H,16,18)(H,17,20). The van der Waals surface area contributed by atoms with Gasteiger partial charge in [0.1, 0.15) is 0 Å². The maximum atomic E-state index is 12.3. The quantitative estimate of drug-likeness (QED) is 0.863. The Labute approximate surface area is 124 Å². The Hall–Kier alpha value is -1.85. The highest BCUT2D eigenvalue weighted by molar-refractivity contribution is 5.80. The van der Waals surface area contributed by atoms with Crippen molar-refractivity contribution >= 4 is 11.8 Å². The smallest absolute Gasteiger partial charge is 0.226 e. The summed E-state index contributed by atoms with van der Waals surface area (Å²) in [5.41, 5.74) is 0.810. The highest BCUT2D eigenvalue weighted by atomic mass is 16.2. The topological polar surface area (TPSA) is 78.1 Å². The van der Waals surface area contributed by atoms with Crippen molar-refractivity contribution in [2.24, 2.45) is 5.92 Å². The highest BCUT2D eigenvalue weighted by Gasteiger charge is 2.32. The third-order valence-corrected chi connectivity index (χ3v) is 4.48. The van der Waals surface area contributed by atoms with Gasteiger partial charge in [0.2, 0.25) is 11.8 Å². The normalized spacial score (nSPS) is 22.7. The van der Waals surface area contributed by atoms with E-state index >= 15 is 0 Å². The Bertz CT molecular complexity index is 494. The van der Waals surface area contributed by atoms with E-state index in [2.05, 4.69) is 15.5 Å². The lowest BCUT2D eigenvalue weighted by Gasteiger charge is -2.20. The van der Waals surface area contributed by atoms with E-state index in [4.69, 9.17) is 0 Å². The molecule has 1 aromatic rings. The fourth-order valence-corrected chi connectivity index (χ4v) is 3.34. The second-order valence-corrected chi connectivity index (χ2v) is 6.08. The van der Waals surface area contributed by atoms with E-state index in [1.54, 1.807) is 12.3 Å². The number of carbonyl (C=O) groups excluding carboxylic acids is 2. The molecule has 6 nitrogen and oxygen atoms in total. The van der Waals surface area contributed by atoms with Crippen LogP contribution in [0.2, 0.25) is 0 Å². The number of H-pyrrole nitrogens is 1. The molecule has 114 valence electrons. The number of rotatable bonds is 4. The van der Waals surface area contributed by atoms with Gasteiger partial charge in [-0.2, -0.15) is 5.10 Å². The molecule has 1 unspecified atom stereocenters. The van der Waals surface area contributed by atoms with Gasteiger partial charge in [-0.05, 0) is 25.3 Å². The van der Waals surface area contributed by atoms with Gasteiger partial charge in [0.15, 0.2) is 0 Å². The molecule has 21 heavy (non-hydrogen) atoms. The third-order valence-electron chi connectivity index (χ3n) is 4.48. The fourth-order valence-electron chi connectivity index (χ4n) is 3.34. The van der Waals surface area contributed by atoms with Crippen molar-refractivity contribution < 1.29 is 9.59 Å². The lowest BCUT2D eigenvalue weighted by atomic mass is 10.1. The summed E-state index contributed by atoms with van der Waals surface area (Å²) in [6.07, 6.45) is 7.22. The molecule has 2 N–H and O–H groups in total. The van der Waals surface area contributed by atoms with Gasteiger partial charge in [0.05, 0.1) is 6.42 Å². The van der Waals surface area contributed by atoms with E-state index in [-0.39, 0.29) is 23.8 Å². The summed E-state index contributed by atoms with van der Waals surface area (Å²) < 4.78 is 0. The molecule has 1 aliphatic heterocycles. The molecule has 1 saturated heterocycles. The van der Waals surface area contributed by atoms with Gasteiger partial charge in [-0.25, -0.2) is 0 Å². The van der Waals surface area contributed by atoms with Crippen LogP contribution in [0.25, 0.3) is 0 Å². The van der Waals surface area contributed by atoms with E-state index in [9.17, 15) is 9.59 Å². The molecule has 2 fully saturated rings. The summed E-state index contributed by atoms with van der Waals surface area (Å²) in [5.74, 6) is 0.502. The number of likely N-dealkylation sites (tertiary alicyclic amines) is 1. The molecule has 3 rings (SSSR count). The summed E-state index contributed by atoms with van der Waals surface area (Å²) in [5, 5.41) is 9.62. The Morgan fingerprint density at radius 3 is 2.86 bits per heavy atom. The average molecular weight is 290 g/mol. The fraction of sp³-hybridized carbons (Fsp3) is 0.667. The van der Waals surface area contributed by atoms with Gasteiger partial charge in [-0.3, -0.25) is 14.7 Å². The van der Waals surface area contributed by atoms with Gasteiger partial charge < -0.3 is 10.2 Å². The number of hydrogen-bond acceptors (Lipinski definition) is 3. The van der Waals surface area contributed by atoms with Crippen LogP contribution in [0, 0.1) is 5.92 Å². The summed E-state index contributed by atoms with van der Waals surface area (Å²) in [6, 6.07) is 1.88. The van der Waals surface area contributed by atoms with E-state index < -0.39 is 0 Å². The van der Waals surface area contributed by atoms with Gasteiger partial charge in [-0.15, -0.1) is 0 Å². The molecule has 2 heterocycles. The molecule has 2 aliphatic rings. The van der Waals surface area contributed by atoms with Crippen LogP contribution < -0.4 is 5.32 Å². The first kappa shape index (κ1) is 14.1. The molecule has 2 amide bonds. The van der Waals surface area contributed by atoms with Crippen LogP contribution in [0.5, 0.6) is 0 Å². The first-order chi connectivity index (χ1) is 10.2. The second-order valence-electron chi connectivity index (χ2n) is 6.08. The SMILES string of the molecule is O=C(Cc1ccn[nH]1)NC1CCN(C(=O)C2CCCC2)C1. The maximum Gasteiger partial charge on any atom is 0.226 e. The van der Waals surface area contributed by atoms with Crippen LogP contribution in [0.1, 0.15) is 37.8 Å². The van der Waals surface area contributed by atoms with Gasteiger partial charge in [0, 0.05) is 36.9 Å². The number of nitrogens with one attached hydrogen (secondary N) is 2. The summed E-state index contributed by atoms with van der Waals surface area (Å²) in [4.78, 5) is 26.2. The van der Waals surface area contributed by atoms with Crippen LogP contribution in [-0.2, 0) is 16.0 Å². The molecular weight excluding hydrogens is 268 g/mol. The predicted octanol–water partition coefficient (Wildman–Crippen LogP) is 0.859. The maximum absolute atomic E-state index is 12.3. The summed E-state index contributed by atoms with van der Waals surface area (Å²) in [7, 11) is 0. The van der Waals surface area contributed by atoms with Crippen molar-refractivity contribution in [2.75, 3.05) is 13.1 Å². The number of hydrogen-bond donors (Lipinski definition) is 2. The minimum absolute atomic E-state index is 0.0144. The Morgan fingerprint density at radius 2 is 2.14 bits per heavy atom. The van der Waals surface area contributed by atoms with Crippen LogP contribution in [-0.4, -0.2) is 46.0 Å². The largest absolute Gasteiger partial charge is 0.351 e. The molecule has 1 aromatic heterocycles. The number of aromatic amines is 1. The molecule has 0 bridgehead atoms. The van der Waals surface area contributed by atoms with E-state index in [0.29, 0.717) is 13.0 Å². The first-order valence-electron chi connectivity index (χ1n) is 7.79. The van der Waals surface area contributed by atoms with Crippen LogP contribution >= 0.6 is 0 Å². The van der Waals surface area contributed by atoms with Gasteiger partial charge in [-0.1, -0.05) is 12.8 Å². The first-order valence-corrected chi connectivity index (χ1v) is 7.79. The lowest BCUT2D eigenvalue weighted by molar-refractivity contribution is -0.134. The Balaban J connectivity index is 1.45. The number of amides is 2. The van der Waals surface area contributed by atoms with Crippen molar-refractivity contribution in [3.05, 3.63) is 18.0 Å². The van der Waals surface area contributed by atoms with Crippen molar-refractivity contribution in [2.45, 2.75) is 44.6 Å². The van der Waals surface area contributed by atoms with E-state index in [1.807, 2.05) is 4.90 Å². The number of aromatic nitrogens is 2. The minimum atomic E-state index is -0.0144. The lowest BCUT2D eigenvalue weighted by Crippen LogP contribution is -2.40. The zero-order chi connectivity index (χ0) is 14.7. The zero-order valence-electron chi connectivity index (χ0n) is 12.2. The van der Waals surface area contributed by atoms with Crippen LogP contribution in [0.4, 0.5) is 0 Å². The zero-order valence-corrected chi connectivity index (χ0v) is 12.2. The van der Waals surface area contributed by atoms with E-state index in [1.165, 1.54) is 12.8 Å². The second kappa shape index (κ2) is 6.28. The molecule has 6 heteroatoms. The number of nitrogens with zero attached hydrogens (tertiary/aromatic N) is 2. The Kier molecular flexibility index (Phi) is 4.22. The summed E-state index contributed by atoms with van der Waals surface area (Å²) in [6.45, 7) is 1.42. The monoisotopic (exact) mass is 290 g/mol. The molecule has 1 saturated carbocycles. The van der Waals surface area contributed by atoms with Gasteiger partial charge in [0.25, 0.3) is 0 Å². The minimum Gasteiger partial charge on any atom is -0.351 e. The van der Waals surface area contributed by atoms with Gasteiger partial charge >= 0.3 is 0 Å². The van der Waals surface area contributed by atoms with Crippen LogP contribution in [0.3, 0.4) is 0 Å². The molecular formula is C15H22N4O2. The molecule has 1 atom stereocenters. The van der Waals surface area contributed by atoms with Crippen molar-refractivity contribution in [1.82, 2.24) is 20.4 Å². The molecule has 0 radical (unpaired) electrons. The molecule has 1 aliphatic carbocycles. The molecule has 0 spiro atoms. The van der Waals surface area contributed by atoms with E-state index in [0.717, 1.165) is 31.5 Å². The van der Waals surface area contributed by atoms with Crippen LogP contribution in [0.15, 0.2) is 12.3 Å². The number of carbonyl (C=O) groups is 2. The third kappa shape index (κ3) is 3.43.